The molecule has 8 heteroatoms. The van der Waals surface area contributed by atoms with Crippen LogP contribution in [0.4, 0.5) is 11.4 Å². The van der Waals surface area contributed by atoms with Gasteiger partial charge < -0.3 is 0 Å². The predicted octanol–water partition coefficient (Wildman–Crippen LogP) is 7.74. The first-order valence-electron chi connectivity index (χ1n) is 15.4. The SMILES string of the molecule is CC(=O)c1ccc(N2C(=O)c3ccc4c5ccc6c7c(ccc(c8ccc(c3c48)C2=O)c75)C(=O)N(c2ccc(C(C)=O)cc2)C6=O)cc1. The van der Waals surface area contributed by atoms with Crippen LogP contribution < -0.4 is 9.80 Å². The molecule has 0 atom stereocenters. The number of benzene rings is 7. The van der Waals surface area contributed by atoms with E-state index < -0.39 is 23.6 Å². The van der Waals surface area contributed by atoms with Crippen LogP contribution in [0.15, 0.2) is 97.1 Å². The van der Waals surface area contributed by atoms with Gasteiger partial charge in [0.1, 0.15) is 0 Å². The number of carbonyl (C=O) groups excluding carboxylic acids is 6. The fourth-order valence-corrected chi connectivity index (χ4v) is 7.43. The summed E-state index contributed by atoms with van der Waals surface area (Å²) in [5.41, 5.74) is 3.23. The summed E-state index contributed by atoms with van der Waals surface area (Å²) in [4.78, 5) is 81.7. The maximum atomic E-state index is 13.9. The van der Waals surface area contributed by atoms with Gasteiger partial charge >= 0.3 is 0 Å². The number of hydrogen-bond donors (Lipinski definition) is 0. The Morgan fingerprint density at radius 2 is 0.646 bits per heavy atom. The zero-order valence-corrected chi connectivity index (χ0v) is 25.6. The van der Waals surface area contributed by atoms with Crippen molar-refractivity contribution in [3.8, 4) is 0 Å². The van der Waals surface area contributed by atoms with Crippen LogP contribution >= 0.6 is 0 Å². The van der Waals surface area contributed by atoms with E-state index in [0.717, 1.165) is 42.1 Å². The van der Waals surface area contributed by atoms with Crippen molar-refractivity contribution in [2.24, 2.45) is 0 Å². The second kappa shape index (κ2) is 9.49. The van der Waals surface area contributed by atoms with Crippen molar-refractivity contribution in [2.75, 3.05) is 9.80 Å². The Hall–Kier alpha value is -6.54. The van der Waals surface area contributed by atoms with Crippen molar-refractivity contribution in [2.45, 2.75) is 13.8 Å². The van der Waals surface area contributed by atoms with Gasteiger partial charge in [-0.25, -0.2) is 9.80 Å². The summed E-state index contributed by atoms with van der Waals surface area (Å²) in [5, 5.41) is 5.81. The Balaban J connectivity index is 1.25. The summed E-state index contributed by atoms with van der Waals surface area (Å²) in [7, 11) is 0. The van der Waals surface area contributed by atoms with E-state index in [1.165, 1.54) is 13.8 Å². The summed E-state index contributed by atoms with van der Waals surface area (Å²) in [6.45, 7) is 2.91. The molecule has 48 heavy (non-hydrogen) atoms. The molecule has 2 aliphatic heterocycles. The highest BCUT2D eigenvalue weighted by molar-refractivity contribution is 6.45. The normalized spacial score (nSPS) is 14.3. The lowest BCUT2D eigenvalue weighted by Crippen LogP contribution is -2.40. The molecular weight excluding hydrogens is 604 g/mol. The Kier molecular flexibility index (Phi) is 5.49. The molecule has 0 spiro atoms. The molecule has 4 amide bonds. The monoisotopic (exact) mass is 626 g/mol. The number of amides is 4. The molecule has 0 radical (unpaired) electrons. The topological polar surface area (TPSA) is 109 Å². The van der Waals surface area contributed by atoms with Crippen LogP contribution in [0.25, 0.3) is 43.1 Å². The summed E-state index contributed by atoms with van der Waals surface area (Å²) in [6.07, 6.45) is 0. The number of nitrogens with zero attached hydrogens (tertiary/aromatic N) is 2. The average Bonchev–Trinajstić information content (AvgIpc) is 3.09. The highest BCUT2D eigenvalue weighted by atomic mass is 16.2. The van der Waals surface area contributed by atoms with E-state index in [-0.39, 0.29) is 11.6 Å². The smallest absolute Gasteiger partial charge is 0.265 e. The Morgan fingerprint density at radius 3 is 0.896 bits per heavy atom. The van der Waals surface area contributed by atoms with E-state index in [1.807, 2.05) is 24.3 Å². The van der Waals surface area contributed by atoms with Crippen molar-refractivity contribution >= 4 is 89.7 Å². The van der Waals surface area contributed by atoms with Crippen LogP contribution in [0.1, 0.15) is 76.0 Å². The van der Waals surface area contributed by atoms with Gasteiger partial charge in [0.25, 0.3) is 23.6 Å². The van der Waals surface area contributed by atoms with E-state index in [1.54, 1.807) is 72.8 Å². The second-order valence-corrected chi connectivity index (χ2v) is 12.2. The lowest BCUT2D eigenvalue weighted by molar-refractivity contribution is 0.0877. The van der Waals surface area contributed by atoms with Crippen LogP contribution in [0.2, 0.25) is 0 Å². The third-order valence-electron chi connectivity index (χ3n) is 9.70. The lowest BCUT2D eigenvalue weighted by atomic mass is 9.82. The van der Waals surface area contributed by atoms with Crippen molar-refractivity contribution in [1.82, 2.24) is 0 Å². The molecule has 9 rings (SSSR count). The summed E-state index contributed by atoms with van der Waals surface area (Å²) in [5.74, 6) is -2.08. The van der Waals surface area contributed by atoms with Gasteiger partial charge in [-0.1, -0.05) is 24.3 Å². The molecule has 228 valence electrons. The fourth-order valence-electron chi connectivity index (χ4n) is 7.43. The standard InChI is InChI=1S/C40H22N2O6/c1-19(43)21-3-7-23(8-4-21)41-37(45)29-15-11-25-27-13-17-31-36-32(40(48)42(39(31)47)24-9-5-22(6-10-24)20(2)44)18-14-28(34(27)36)26-12-16-30(38(41)46)35(29)33(25)26/h3-18H,1-2H3. The maximum absolute atomic E-state index is 13.9. The summed E-state index contributed by atoms with van der Waals surface area (Å²) >= 11 is 0. The molecular formula is C40H22N2O6. The molecule has 0 aromatic heterocycles. The van der Waals surface area contributed by atoms with Gasteiger partial charge in [0.15, 0.2) is 11.6 Å². The zero-order valence-electron chi connectivity index (χ0n) is 25.6. The average molecular weight is 627 g/mol. The van der Waals surface area contributed by atoms with Gasteiger partial charge in [0, 0.05) is 44.2 Å². The number of fused-ring (bicyclic) bond motifs is 2. The molecule has 8 nitrogen and oxygen atoms in total. The first kappa shape index (κ1) is 27.7. The molecule has 0 unspecified atom stereocenters. The highest BCUT2D eigenvalue weighted by Gasteiger charge is 2.38. The number of hydrogen-bond acceptors (Lipinski definition) is 6. The fraction of sp³-hybridized carbons (Fsp3) is 0.0500. The minimum Gasteiger partial charge on any atom is -0.295 e. The third-order valence-corrected chi connectivity index (χ3v) is 9.70. The molecule has 2 heterocycles. The first-order chi connectivity index (χ1) is 23.2. The minimum absolute atomic E-state index is 0.116. The predicted molar refractivity (Wildman–Crippen MR) is 183 cm³/mol. The molecule has 7 aromatic carbocycles. The largest absolute Gasteiger partial charge is 0.295 e. The van der Waals surface area contributed by atoms with E-state index >= 15 is 0 Å². The number of anilines is 2. The summed E-state index contributed by atoms with van der Waals surface area (Å²) < 4.78 is 0. The minimum atomic E-state index is -0.463. The molecule has 0 N–H and O–H groups in total. The van der Waals surface area contributed by atoms with E-state index in [9.17, 15) is 28.8 Å². The van der Waals surface area contributed by atoms with Gasteiger partial charge in [0.05, 0.1) is 11.4 Å². The van der Waals surface area contributed by atoms with Gasteiger partial charge in [-0.05, 0) is 119 Å². The third kappa shape index (κ3) is 3.48. The first-order valence-corrected chi connectivity index (χ1v) is 15.4. The van der Waals surface area contributed by atoms with E-state index in [2.05, 4.69) is 0 Å². The number of rotatable bonds is 4. The highest BCUT2D eigenvalue weighted by Crippen LogP contribution is 2.47. The molecule has 7 aromatic rings. The molecule has 0 saturated carbocycles. The molecule has 0 aliphatic carbocycles. The van der Waals surface area contributed by atoms with Crippen molar-refractivity contribution in [3.05, 3.63) is 130 Å². The lowest BCUT2D eigenvalue weighted by Gasteiger charge is -2.30. The van der Waals surface area contributed by atoms with Gasteiger partial charge in [-0.3, -0.25) is 28.8 Å². The Bertz CT molecular complexity index is 2380. The van der Waals surface area contributed by atoms with Crippen LogP contribution in [0.3, 0.4) is 0 Å². The maximum Gasteiger partial charge on any atom is 0.265 e. The molecule has 0 fully saturated rings. The Morgan fingerprint density at radius 1 is 0.375 bits per heavy atom. The summed E-state index contributed by atoms with van der Waals surface area (Å²) in [6, 6.07) is 27.1. The van der Waals surface area contributed by atoms with Gasteiger partial charge in [-0.15, -0.1) is 0 Å². The molecule has 0 saturated heterocycles. The van der Waals surface area contributed by atoms with E-state index in [0.29, 0.717) is 55.5 Å². The van der Waals surface area contributed by atoms with Gasteiger partial charge in [-0.2, -0.15) is 0 Å². The zero-order chi connectivity index (χ0) is 33.2. The van der Waals surface area contributed by atoms with Crippen LogP contribution in [-0.2, 0) is 0 Å². The van der Waals surface area contributed by atoms with Crippen molar-refractivity contribution in [3.63, 3.8) is 0 Å². The van der Waals surface area contributed by atoms with Crippen molar-refractivity contribution < 1.29 is 28.8 Å². The number of Topliss-reactive ketones (excluding diaryl/α,β-unsaturated/α-hetero) is 2. The second-order valence-electron chi connectivity index (χ2n) is 12.2. The van der Waals surface area contributed by atoms with Crippen LogP contribution in [-0.4, -0.2) is 35.2 Å². The van der Waals surface area contributed by atoms with Crippen LogP contribution in [0, 0.1) is 0 Å². The molecule has 2 aliphatic rings. The Labute approximate surface area is 272 Å². The van der Waals surface area contributed by atoms with E-state index in [4.69, 9.17) is 0 Å². The van der Waals surface area contributed by atoms with Gasteiger partial charge in [0.2, 0.25) is 0 Å². The molecule has 0 bridgehead atoms. The number of imide groups is 2. The number of carbonyl (C=O) groups is 6. The van der Waals surface area contributed by atoms with Crippen molar-refractivity contribution in [1.29, 1.82) is 0 Å². The number of ketones is 2. The van der Waals surface area contributed by atoms with Crippen LogP contribution in [0.5, 0.6) is 0 Å². The quantitative estimate of drug-likeness (QED) is 0.0856.